The Kier molecular flexibility index (Phi) is 5.56. The third kappa shape index (κ3) is 4.27. The summed E-state index contributed by atoms with van der Waals surface area (Å²) in [6, 6.07) is 9.68. The molecule has 0 aliphatic carbocycles. The lowest BCUT2D eigenvalue weighted by Crippen LogP contribution is -2.47. The van der Waals surface area contributed by atoms with Crippen LogP contribution in [0.4, 0.5) is 16.2 Å². The Balaban J connectivity index is 1.17. The monoisotopic (exact) mass is 500 g/mol. The second kappa shape index (κ2) is 8.93. The minimum Gasteiger partial charge on any atom is -0.381 e. The third-order valence-corrected chi connectivity index (χ3v) is 6.77. The van der Waals surface area contributed by atoms with E-state index >= 15 is 0 Å². The molecule has 1 fully saturated rings. The fourth-order valence-electron chi connectivity index (χ4n) is 4.59. The largest absolute Gasteiger partial charge is 0.381 e. The summed E-state index contributed by atoms with van der Waals surface area (Å²) < 4.78 is 20.5. The lowest BCUT2D eigenvalue weighted by Gasteiger charge is -2.35. The van der Waals surface area contributed by atoms with Crippen LogP contribution in [-0.4, -0.2) is 61.0 Å². The van der Waals surface area contributed by atoms with E-state index in [1.165, 1.54) is 12.1 Å². The molecule has 1 aliphatic rings. The van der Waals surface area contributed by atoms with Gasteiger partial charge in [-0.2, -0.15) is 5.10 Å². The number of nitrogens with zero attached hydrogens (tertiary/aromatic N) is 8. The van der Waals surface area contributed by atoms with Gasteiger partial charge in [0, 0.05) is 62.0 Å². The molecular weight excluding hydrogens is 475 g/mol. The smallest absolute Gasteiger partial charge is 0.225 e. The molecular formula is C26H25FN8O2. The molecule has 1 saturated heterocycles. The van der Waals surface area contributed by atoms with Crippen molar-refractivity contribution in [1.29, 1.82) is 0 Å². The molecule has 0 saturated carbocycles. The van der Waals surface area contributed by atoms with E-state index < -0.39 is 5.60 Å². The molecule has 37 heavy (non-hydrogen) atoms. The van der Waals surface area contributed by atoms with Crippen molar-refractivity contribution in [2.24, 2.45) is 0 Å². The standard InChI is InChI=1S/C26H25FN8O2/c1-17-11-23(37-32-17)18-12-22-24(30-16-31-35(22)15-18)33-7-9-34(10-8-33)25-28-13-20(14-29-25)26(2,36)19-3-5-21(27)6-4-19/h3-6,11-16,36H,7-10H2,1-2H3. The lowest BCUT2D eigenvalue weighted by molar-refractivity contribution is 0.101. The predicted octanol–water partition coefficient (Wildman–Crippen LogP) is 3.20. The maximum atomic E-state index is 13.3. The maximum absolute atomic E-state index is 13.3. The van der Waals surface area contributed by atoms with Gasteiger partial charge in [-0.1, -0.05) is 17.3 Å². The first-order chi connectivity index (χ1) is 17.9. The van der Waals surface area contributed by atoms with Gasteiger partial charge in [-0.3, -0.25) is 0 Å². The number of piperazine rings is 1. The minimum absolute atomic E-state index is 0.352. The van der Waals surface area contributed by atoms with Crippen molar-refractivity contribution in [3.63, 3.8) is 0 Å². The molecule has 1 aliphatic heterocycles. The van der Waals surface area contributed by atoms with Crippen molar-refractivity contribution >= 4 is 17.3 Å². The van der Waals surface area contributed by atoms with Crippen molar-refractivity contribution in [1.82, 2.24) is 29.7 Å². The van der Waals surface area contributed by atoms with Crippen LogP contribution in [0, 0.1) is 12.7 Å². The molecule has 1 aromatic carbocycles. The number of aryl methyl sites for hydroxylation is 1. The molecule has 11 heteroatoms. The number of aromatic nitrogens is 6. The Morgan fingerprint density at radius 3 is 2.32 bits per heavy atom. The van der Waals surface area contributed by atoms with Gasteiger partial charge in [-0.05, 0) is 37.6 Å². The second-order valence-corrected chi connectivity index (χ2v) is 9.30. The fraction of sp³-hybridized carbons (Fsp3) is 0.269. The summed E-state index contributed by atoms with van der Waals surface area (Å²) >= 11 is 0. The number of aliphatic hydroxyl groups is 1. The molecule has 1 unspecified atom stereocenters. The normalized spacial score (nSPS) is 15.8. The molecule has 5 heterocycles. The van der Waals surface area contributed by atoms with E-state index in [2.05, 4.69) is 35.0 Å². The first-order valence-corrected chi connectivity index (χ1v) is 12.0. The Morgan fingerprint density at radius 2 is 1.65 bits per heavy atom. The van der Waals surface area contributed by atoms with Gasteiger partial charge in [0.2, 0.25) is 5.95 Å². The van der Waals surface area contributed by atoms with Crippen LogP contribution in [0.2, 0.25) is 0 Å². The number of fused-ring (bicyclic) bond motifs is 1. The lowest BCUT2D eigenvalue weighted by atomic mass is 9.90. The van der Waals surface area contributed by atoms with Crippen LogP contribution in [0.25, 0.3) is 16.8 Å². The van der Waals surface area contributed by atoms with E-state index in [0.29, 0.717) is 35.9 Å². The highest BCUT2D eigenvalue weighted by molar-refractivity contribution is 5.76. The summed E-state index contributed by atoms with van der Waals surface area (Å²) in [5.74, 6) is 1.79. The van der Waals surface area contributed by atoms with Gasteiger partial charge in [0.15, 0.2) is 11.6 Å². The molecule has 0 radical (unpaired) electrons. The van der Waals surface area contributed by atoms with Gasteiger partial charge in [0.1, 0.15) is 23.3 Å². The summed E-state index contributed by atoms with van der Waals surface area (Å²) in [6.07, 6.45) is 6.71. The van der Waals surface area contributed by atoms with Gasteiger partial charge in [0.05, 0.1) is 5.69 Å². The first kappa shape index (κ1) is 23.0. The molecule has 10 nitrogen and oxygen atoms in total. The van der Waals surface area contributed by atoms with Crippen LogP contribution >= 0.6 is 0 Å². The van der Waals surface area contributed by atoms with E-state index in [0.717, 1.165) is 35.7 Å². The maximum Gasteiger partial charge on any atom is 0.225 e. The topological polar surface area (TPSA) is 109 Å². The highest BCUT2D eigenvalue weighted by atomic mass is 19.1. The average Bonchev–Trinajstić information content (AvgIpc) is 3.55. The second-order valence-electron chi connectivity index (χ2n) is 9.30. The Bertz CT molecular complexity index is 1540. The van der Waals surface area contributed by atoms with Gasteiger partial charge in [0.25, 0.3) is 0 Å². The van der Waals surface area contributed by atoms with Crippen molar-refractivity contribution in [2.45, 2.75) is 19.4 Å². The zero-order chi connectivity index (χ0) is 25.6. The van der Waals surface area contributed by atoms with Gasteiger partial charge in [-0.15, -0.1) is 0 Å². The highest BCUT2D eigenvalue weighted by Crippen LogP contribution is 2.30. The third-order valence-electron chi connectivity index (χ3n) is 6.77. The van der Waals surface area contributed by atoms with Gasteiger partial charge in [-0.25, -0.2) is 23.9 Å². The van der Waals surface area contributed by atoms with Crippen molar-refractivity contribution in [3.05, 3.63) is 84.0 Å². The molecule has 5 aromatic rings. The van der Waals surface area contributed by atoms with Crippen molar-refractivity contribution in [3.8, 4) is 11.3 Å². The van der Waals surface area contributed by atoms with Crippen molar-refractivity contribution in [2.75, 3.05) is 36.0 Å². The quantitative estimate of drug-likeness (QED) is 0.389. The molecule has 0 amide bonds. The molecule has 0 spiro atoms. The van der Waals surface area contributed by atoms with Gasteiger partial charge >= 0.3 is 0 Å². The number of hydrogen-bond donors (Lipinski definition) is 1. The van der Waals surface area contributed by atoms with Crippen LogP contribution in [0.5, 0.6) is 0 Å². The summed E-state index contributed by atoms with van der Waals surface area (Å²) in [5, 5.41) is 19.4. The fourth-order valence-corrected chi connectivity index (χ4v) is 4.59. The summed E-state index contributed by atoms with van der Waals surface area (Å²) in [7, 11) is 0. The zero-order valence-electron chi connectivity index (χ0n) is 20.4. The first-order valence-electron chi connectivity index (χ1n) is 12.0. The van der Waals surface area contributed by atoms with Crippen LogP contribution in [0.3, 0.4) is 0 Å². The van der Waals surface area contributed by atoms with Crippen LogP contribution in [0.1, 0.15) is 23.7 Å². The minimum atomic E-state index is -1.33. The van der Waals surface area contributed by atoms with E-state index in [1.54, 1.807) is 42.3 Å². The van der Waals surface area contributed by atoms with E-state index in [4.69, 9.17) is 4.52 Å². The molecule has 0 bridgehead atoms. The van der Waals surface area contributed by atoms with Crippen molar-refractivity contribution < 1.29 is 14.0 Å². The highest BCUT2D eigenvalue weighted by Gasteiger charge is 2.28. The molecule has 4 aromatic heterocycles. The Labute approximate surface area is 212 Å². The average molecular weight is 501 g/mol. The van der Waals surface area contributed by atoms with E-state index in [9.17, 15) is 9.50 Å². The summed E-state index contributed by atoms with van der Waals surface area (Å²) in [4.78, 5) is 17.9. The molecule has 1 N–H and O–H groups in total. The number of anilines is 2. The number of rotatable bonds is 5. The summed E-state index contributed by atoms with van der Waals surface area (Å²) in [5.41, 5.74) is 2.39. The van der Waals surface area contributed by atoms with Crippen LogP contribution < -0.4 is 9.80 Å². The predicted molar refractivity (Wildman–Crippen MR) is 135 cm³/mol. The number of halogens is 1. The molecule has 188 valence electrons. The van der Waals surface area contributed by atoms with Crippen LogP contribution in [-0.2, 0) is 5.60 Å². The number of benzene rings is 1. The zero-order valence-corrected chi connectivity index (χ0v) is 20.4. The SMILES string of the molecule is Cc1cc(-c2cc3c(N4CCN(c5ncc(C(C)(O)c6ccc(F)cc6)cn5)CC4)ncnn3c2)on1. The Hall–Kier alpha value is -4.38. The summed E-state index contributed by atoms with van der Waals surface area (Å²) in [6.45, 7) is 6.41. The van der Waals surface area contributed by atoms with Gasteiger partial charge < -0.3 is 19.4 Å². The number of hydrogen-bond acceptors (Lipinski definition) is 9. The van der Waals surface area contributed by atoms with Crippen LogP contribution in [0.15, 0.2) is 65.8 Å². The molecule has 1 atom stereocenters. The molecule has 6 rings (SSSR count). The van der Waals surface area contributed by atoms with E-state index in [1.807, 2.05) is 25.3 Å². The van der Waals surface area contributed by atoms with E-state index in [-0.39, 0.29) is 5.82 Å². The Morgan fingerprint density at radius 1 is 0.946 bits per heavy atom.